The molecule has 0 aliphatic rings. The van der Waals surface area contributed by atoms with Crippen LogP contribution in [0.3, 0.4) is 0 Å². The van der Waals surface area contributed by atoms with Crippen molar-refractivity contribution in [1.82, 2.24) is 15.0 Å². The third-order valence-corrected chi connectivity index (χ3v) is 2.32. The van der Waals surface area contributed by atoms with Gasteiger partial charge < -0.3 is 0 Å². The molecule has 0 saturated carbocycles. The van der Waals surface area contributed by atoms with E-state index >= 15 is 0 Å². The molecule has 0 bridgehead atoms. The zero-order chi connectivity index (χ0) is 11.6. The first kappa shape index (κ1) is 10.7. The Morgan fingerprint density at radius 3 is 2.12 bits per heavy atom. The molecule has 0 radical (unpaired) electrons. The van der Waals surface area contributed by atoms with E-state index in [0.717, 1.165) is 17.0 Å². The van der Waals surface area contributed by atoms with E-state index in [0.29, 0.717) is 0 Å². The van der Waals surface area contributed by atoms with Crippen molar-refractivity contribution in [3.8, 4) is 11.1 Å². The van der Waals surface area contributed by atoms with Gasteiger partial charge in [0.15, 0.2) is 0 Å². The molecule has 2 rings (SSSR count). The fourth-order valence-electron chi connectivity index (χ4n) is 1.40. The zero-order valence-electron chi connectivity index (χ0n) is 9.81. The van der Waals surface area contributed by atoms with E-state index < -0.39 is 0 Å². The predicted octanol–water partition coefficient (Wildman–Crippen LogP) is 2.84. The van der Waals surface area contributed by atoms with Crippen LogP contribution in [0.4, 0.5) is 0 Å². The second-order valence-corrected chi connectivity index (χ2v) is 4.79. The average molecular weight is 213 g/mol. The zero-order valence-corrected chi connectivity index (χ0v) is 9.81. The van der Waals surface area contributed by atoms with E-state index in [1.807, 2.05) is 30.7 Å². The Bertz CT molecular complexity index is 455. The fourth-order valence-corrected chi connectivity index (χ4v) is 1.40. The van der Waals surface area contributed by atoms with Gasteiger partial charge in [0, 0.05) is 41.3 Å². The summed E-state index contributed by atoms with van der Waals surface area (Å²) >= 11 is 0. The van der Waals surface area contributed by atoms with Crippen molar-refractivity contribution < 1.29 is 0 Å². The van der Waals surface area contributed by atoms with Crippen LogP contribution in [-0.2, 0) is 5.41 Å². The molecule has 0 spiro atoms. The van der Waals surface area contributed by atoms with E-state index in [2.05, 4.69) is 35.7 Å². The van der Waals surface area contributed by atoms with Crippen molar-refractivity contribution in [1.29, 1.82) is 0 Å². The van der Waals surface area contributed by atoms with Crippen LogP contribution in [0.1, 0.15) is 26.6 Å². The quantitative estimate of drug-likeness (QED) is 0.731. The Kier molecular flexibility index (Phi) is 2.69. The lowest BCUT2D eigenvalue weighted by molar-refractivity contribution is 0.545. The summed E-state index contributed by atoms with van der Waals surface area (Å²) in [5, 5.41) is 0. The van der Waals surface area contributed by atoms with Gasteiger partial charge in [0.1, 0.15) is 5.82 Å². The molecule has 3 nitrogen and oxygen atoms in total. The van der Waals surface area contributed by atoms with Crippen molar-refractivity contribution in [3.05, 3.63) is 42.7 Å². The number of hydrogen-bond acceptors (Lipinski definition) is 3. The molecule has 0 aliphatic carbocycles. The van der Waals surface area contributed by atoms with Crippen molar-refractivity contribution in [3.63, 3.8) is 0 Å². The molecule has 16 heavy (non-hydrogen) atoms. The van der Waals surface area contributed by atoms with Gasteiger partial charge in [-0.3, -0.25) is 4.98 Å². The molecule has 3 heteroatoms. The smallest absolute Gasteiger partial charge is 0.133 e. The van der Waals surface area contributed by atoms with E-state index in [1.165, 1.54) is 0 Å². The van der Waals surface area contributed by atoms with Crippen LogP contribution in [0, 0.1) is 0 Å². The van der Waals surface area contributed by atoms with Crippen molar-refractivity contribution >= 4 is 0 Å². The van der Waals surface area contributed by atoms with Gasteiger partial charge in [-0.15, -0.1) is 0 Å². The fraction of sp³-hybridized carbons (Fsp3) is 0.308. The van der Waals surface area contributed by atoms with Crippen molar-refractivity contribution in [2.45, 2.75) is 26.2 Å². The molecule has 0 atom stereocenters. The molecule has 0 aliphatic heterocycles. The summed E-state index contributed by atoms with van der Waals surface area (Å²) < 4.78 is 0. The highest BCUT2D eigenvalue weighted by atomic mass is 14.9. The molecule has 82 valence electrons. The summed E-state index contributed by atoms with van der Waals surface area (Å²) in [6.07, 6.45) is 7.28. The van der Waals surface area contributed by atoms with Crippen LogP contribution in [0.2, 0.25) is 0 Å². The van der Waals surface area contributed by atoms with Gasteiger partial charge in [-0.25, -0.2) is 9.97 Å². The second kappa shape index (κ2) is 4.00. The van der Waals surface area contributed by atoms with Crippen LogP contribution in [0.5, 0.6) is 0 Å². The molecular weight excluding hydrogens is 198 g/mol. The summed E-state index contributed by atoms with van der Waals surface area (Å²) in [5.41, 5.74) is 2.04. The normalized spacial score (nSPS) is 11.4. The maximum Gasteiger partial charge on any atom is 0.133 e. The van der Waals surface area contributed by atoms with Gasteiger partial charge in [0.25, 0.3) is 0 Å². The third-order valence-electron chi connectivity index (χ3n) is 2.32. The summed E-state index contributed by atoms with van der Waals surface area (Å²) in [6.45, 7) is 6.31. The molecule has 2 aromatic heterocycles. The maximum absolute atomic E-state index is 4.39. The number of rotatable bonds is 1. The maximum atomic E-state index is 4.39. The van der Waals surface area contributed by atoms with E-state index in [4.69, 9.17) is 0 Å². The van der Waals surface area contributed by atoms with E-state index in [9.17, 15) is 0 Å². The number of hydrogen-bond donors (Lipinski definition) is 0. The summed E-state index contributed by atoms with van der Waals surface area (Å²) in [5.74, 6) is 0.861. The van der Waals surface area contributed by atoms with E-state index in [-0.39, 0.29) is 5.41 Å². The van der Waals surface area contributed by atoms with Gasteiger partial charge >= 0.3 is 0 Å². The number of pyridine rings is 1. The first-order valence-electron chi connectivity index (χ1n) is 5.30. The van der Waals surface area contributed by atoms with Gasteiger partial charge in [-0.1, -0.05) is 26.8 Å². The lowest BCUT2D eigenvalue weighted by Crippen LogP contribution is -2.15. The standard InChI is InChI=1S/C13H15N3/c1-13(2,3)12-15-8-11(9-16-12)10-5-4-6-14-7-10/h4-9H,1-3H3. The van der Waals surface area contributed by atoms with Crippen molar-refractivity contribution in [2.24, 2.45) is 0 Å². The highest BCUT2D eigenvalue weighted by Gasteiger charge is 2.16. The van der Waals surface area contributed by atoms with Crippen LogP contribution in [0.15, 0.2) is 36.9 Å². The van der Waals surface area contributed by atoms with Gasteiger partial charge in [-0.05, 0) is 6.07 Å². The van der Waals surface area contributed by atoms with Crippen molar-refractivity contribution in [2.75, 3.05) is 0 Å². The molecule has 0 unspecified atom stereocenters. The van der Waals surface area contributed by atoms with Gasteiger partial charge in [-0.2, -0.15) is 0 Å². The third kappa shape index (κ3) is 2.24. The van der Waals surface area contributed by atoms with Crippen LogP contribution >= 0.6 is 0 Å². The Morgan fingerprint density at radius 1 is 0.938 bits per heavy atom. The lowest BCUT2D eigenvalue weighted by atomic mass is 9.95. The topological polar surface area (TPSA) is 38.7 Å². The Balaban J connectivity index is 2.34. The minimum atomic E-state index is -0.00648. The van der Waals surface area contributed by atoms with Crippen LogP contribution in [-0.4, -0.2) is 15.0 Å². The number of aromatic nitrogens is 3. The van der Waals surface area contributed by atoms with Crippen LogP contribution in [0.25, 0.3) is 11.1 Å². The SMILES string of the molecule is CC(C)(C)c1ncc(-c2cccnc2)cn1. The number of nitrogens with zero attached hydrogens (tertiary/aromatic N) is 3. The monoisotopic (exact) mass is 213 g/mol. The summed E-state index contributed by atoms with van der Waals surface area (Å²) in [7, 11) is 0. The average Bonchev–Trinajstić information content (AvgIpc) is 2.29. The largest absolute Gasteiger partial charge is 0.264 e. The Labute approximate surface area is 95.6 Å². The lowest BCUT2D eigenvalue weighted by Gasteiger charge is -2.15. The summed E-state index contributed by atoms with van der Waals surface area (Å²) in [4.78, 5) is 12.9. The molecular formula is C13H15N3. The predicted molar refractivity (Wildman–Crippen MR) is 64.0 cm³/mol. The highest BCUT2D eigenvalue weighted by molar-refractivity contribution is 5.59. The van der Waals surface area contributed by atoms with Gasteiger partial charge in [0.2, 0.25) is 0 Å². The first-order chi connectivity index (χ1) is 7.57. The van der Waals surface area contributed by atoms with Crippen LogP contribution < -0.4 is 0 Å². The van der Waals surface area contributed by atoms with Gasteiger partial charge in [0.05, 0.1) is 0 Å². The highest BCUT2D eigenvalue weighted by Crippen LogP contribution is 2.20. The minimum absolute atomic E-state index is 0.00648. The molecule has 0 aromatic carbocycles. The minimum Gasteiger partial charge on any atom is -0.264 e. The molecule has 0 saturated heterocycles. The Hall–Kier alpha value is -1.77. The molecule has 0 amide bonds. The van der Waals surface area contributed by atoms with E-state index in [1.54, 1.807) is 6.20 Å². The second-order valence-electron chi connectivity index (χ2n) is 4.79. The molecule has 0 N–H and O–H groups in total. The molecule has 2 heterocycles. The molecule has 2 aromatic rings. The Morgan fingerprint density at radius 2 is 1.62 bits per heavy atom. The first-order valence-corrected chi connectivity index (χ1v) is 5.30. The molecule has 0 fully saturated rings. The summed E-state index contributed by atoms with van der Waals surface area (Å²) in [6, 6.07) is 3.91.